The van der Waals surface area contributed by atoms with E-state index in [0.29, 0.717) is 0 Å². The van der Waals surface area contributed by atoms with E-state index >= 15 is 0 Å². The van der Waals surface area contributed by atoms with Crippen LogP contribution in [0, 0.1) is 0 Å². The summed E-state index contributed by atoms with van der Waals surface area (Å²) < 4.78 is 23.6. The molecular formula is C17H21O5P. The first-order chi connectivity index (χ1) is 11.0. The van der Waals surface area contributed by atoms with Crippen molar-refractivity contribution in [1.29, 1.82) is 0 Å². The van der Waals surface area contributed by atoms with E-state index in [0.717, 1.165) is 11.1 Å². The maximum Gasteiger partial charge on any atom is 0.362 e. The van der Waals surface area contributed by atoms with E-state index in [1.807, 2.05) is 60.7 Å². The largest absolute Gasteiger partial charge is 0.390 e. The zero-order chi connectivity index (χ0) is 16.7. The fraction of sp³-hybridized carbons (Fsp3) is 0.294. The van der Waals surface area contributed by atoms with Crippen molar-refractivity contribution in [3.63, 3.8) is 0 Å². The Morgan fingerprint density at radius 3 is 1.61 bits per heavy atom. The van der Waals surface area contributed by atoms with Crippen molar-refractivity contribution in [3.05, 3.63) is 71.8 Å². The number of hydrogen-bond donors (Lipinski definition) is 2. The summed E-state index contributed by atoms with van der Waals surface area (Å²) in [7, 11) is -3.89. The predicted molar refractivity (Wildman–Crippen MR) is 87.8 cm³/mol. The third-order valence-corrected chi connectivity index (χ3v) is 5.32. The van der Waals surface area contributed by atoms with Gasteiger partial charge in [0, 0.05) is 0 Å². The van der Waals surface area contributed by atoms with Crippen molar-refractivity contribution in [2.45, 2.75) is 32.1 Å². The van der Waals surface area contributed by atoms with Gasteiger partial charge in [-0.1, -0.05) is 60.7 Å². The summed E-state index contributed by atoms with van der Waals surface area (Å²) in [6.07, 6.45) is -1.23. The smallest absolute Gasteiger partial charge is 0.362 e. The maximum absolute atomic E-state index is 12.8. The van der Waals surface area contributed by atoms with E-state index in [-0.39, 0.29) is 13.2 Å². The van der Waals surface area contributed by atoms with Crippen molar-refractivity contribution in [2.24, 2.45) is 0 Å². The molecule has 0 unspecified atom stereocenters. The van der Waals surface area contributed by atoms with Crippen LogP contribution in [0.4, 0.5) is 0 Å². The Balaban J connectivity index is 2.07. The first-order valence-electron chi connectivity index (χ1n) is 7.34. The average Bonchev–Trinajstić information content (AvgIpc) is 2.59. The second kappa shape index (κ2) is 8.39. The normalized spacial score (nSPS) is 14.4. The summed E-state index contributed by atoms with van der Waals surface area (Å²) in [5.74, 6) is -1.60. The molecule has 0 aliphatic heterocycles. The standard InChI is InChI=1S/C17H21O5P/c1-14(18)17(19)23(20,21-12-15-8-4-2-5-9-15)22-13-16-10-6-3-7-11-16/h2-11,14,17-19H,12-13H2,1H3/t14-,17-/m1/s1. The van der Waals surface area contributed by atoms with Gasteiger partial charge in [-0.15, -0.1) is 0 Å². The van der Waals surface area contributed by atoms with Crippen molar-refractivity contribution in [1.82, 2.24) is 0 Å². The van der Waals surface area contributed by atoms with Gasteiger partial charge in [0.05, 0.1) is 19.3 Å². The van der Waals surface area contributed by atoms with Crippen LogP contribution in [0.1, 0.15) is 18.1 Å². The molecule has 2 aromatic rings. The van der Waals surface area contributed by atoms with Crippen LogP contribution in [-0.2, 0) is 26.8 Å². The van der Waals surface area contributed by atoms with E-state index in [9.17, 15) is 14.8 Å². The van der Waals surface area contributed by atoms with E-state index in [4.69, 9.17) is 9.05 Å². The zero-order valence-corrected chi connectivity index (χ0v) is 13.8. The number of aliphatic hydroxyl groups is 2. The van der Waals surface area contributed by atoms with Gasteiger partial charge in [0.2, 0.25) is 0 Å². The summed E-state index contributed by atoms with van der Waals surface area (Å²) in [5, 5.41) is 19.6. The molecule has 0 aromatic heterocycles. The molecule has 5 nitrogen and oxygen atoms in total. The molecule has 0 heterocycles. The van der Waals surface area contributed by atoms with Gasteiger partial charge in [-0.3, -0.25) is 4.57 Å². The lowest BCUT2D eigenvalue weighted by Crippen LogP contribution is -2.24. The highest BCUT2D eigenvalue weighted by atomic mass is 31.2. The number of aliphatic hydroxyl groups excluding tert-OH is 2. The molecule has 0 radical (unpaired) electrons. The molecule has 2 aromatic carbocycles. The third-order valence-electron chi connectivity index (χ3n) is 3.26. The van der Waals surface area contributed by atoms with Gasteiger partial charge in [0.25, 0.3) is 0 Å². The fourth-order valence-electron chi connectivity index (χ4n) is 1.93. The SMILES string of the molecule is C[C@@H](O)[C@H](O)P(=O)(OCc1ccccc1)OCc1ccccc1. The topological polar surface area (TPSA) is 76.0 Å². The molecule has 0 aliphatic carbocycles. The highest BCUT2D eigenvalue weighted by Gasteiger charge is 2.38. The second-order valence-electron chi connectivity index (χ2n) is 5.21. The minimum Gasteiger partial charge on any atom is -0.390 e. The zero-order valence-electron chi connectivity index (χ0n) is 12.9. The Kier molecular flexibility index (Phi) is 6.51. The van der Waals surface area contributed by atoms with Crippen LogP contribution in [0.2, 0.25) is 0 Å². The molecule has 23 heavy (non-hydrogen) atoms. The third kappa shape index (κ3) is 5.27. The molecule has 2 rings (SSSR count). The lowest BCUT2D eigenvalue weighted by Gasteiger charge is -2.25. The van der Waals surface area contributed by atoms with Crippen LogP contribution >= 0.6 is 7.60 Å². The van der Waals surface area contributed by atoms with Crippen LogP contribution in [-0.4, -0.2) is 22.2 Å². The molecule has 2 atom stereocenters. The monoisotopic (exact) mass is 336 g/mol. The minimum atomic E-state index is -3.89. The quantitative estimate of drug-likeness (QED) is 0.723. The van der Waals surface area contributed by atoms with Crippen LogP contribution in [0.5, 0.6) is 0 Å². The van der Waals surface area contributed by atoms with Gasteiger partial charge in [-0.2, -0.15) is 0 Å². The van der Waals surface area contributed by atoms with Gasteiger partial charge in [0.1, 0.15) is 0 Å². The van der Waals surface area contributed by atoms with Gasteiger partial charge < -0.3 is 19.3 Å². The Labute approximate surface area is 136 Å². The summed E-state index contributed by atoms with van der Waals surface area (Å²) in [6.45, 7) is 1.39. The number of benzene rings is 2. The molecule has 0 bridgehead atoms. The Morgan fingerprint density at radius 1 is 0.870 bits per heavy atom. The minimum absolute atomic E-state index is 0.0245. The van der Waals surface area contributed by atoms with Gasteiger partial charge >= 0.3 is 7.60 Å². The molecule has 0 aliphatic rings. The van der Waals surface area contributed by atoms with Crippen molar-refractivity contribution in [2.75, 3.05) is 0 Å². The maximum atomic E-state index is 12.8. The van der Waals surface area contributed by atoms with Gasteiger partial charge in [0.15, 0.2) is 5.85 Å². The van der Waals surface area contributed by atoms with Crippen molar-refractivity contribution in [3.8, 4) is 0 Å². The van der Waals surface area contributed by atoms with Crippen molar-refractivity contribution >= 4 is 7.60 Å². The van der Waals surface area contributed by atoms with Gasteiger partial charge in [-0.05, 0) is 18.1 Å². The molecule has 0 amide bonds. The van der Waals surface area contributed by atoms with Crippen LogP contribution in [0.3, 0.4) is 0 Å². The Bertz CT molecular complexity index is 582. The molecule has 0 saturated heterocycles. The molecule has 124 valence electrons. The molecule has 0 spiro atoms. The van der Waals surface area contributed by atoms with E-state index in [2.05, 4.69) is 0 Å². The fourth-order valence-corrected chi connectivity index (χ4v) is 3.50. The highest BCUT2D eigenvalue weighted by Crippen LogP contribution is 2.54. The summed E-state index contributed by atoms with van der Waals surface area (Å²) in [4.78, 5) is 0. The summed E-state index contributed by atoms with van der Waals surface area (Å²) >= 11 is 0. The van der Waals surface area contributed by atoms with Crippen LogP contribution < -0.4 is 0 Å². The van der Waals surface area contributed by atoms with Crippen LogP contribution in [0.25, 0.3) is 0 Å². The molecule has 0 fully saturated rings. The molecular weight excluding hydrogens is 315 g/mol. The predicted octanol–water partition coefficient (Wildman–Crippen LogP) is 3.31. The second-order valence-corrected chi connectivity index (χ2v) is 7.34. The lowest BCUT2D eigenvalue weighted by molar-refractivity contribution is 0.0469. The average molecular weight is 336 g/mol. The number of hydrogen-bond acceptors (Lipinski definition) is 5. The van der Waals surface area contributed by atoms with E-state index in [1.54, 1.807) is 0 Å². The van der Waals surface area contributed by atoms with Crippen LogP contribution in [0.15, 0.2) is 60.7 Å². The lowest BCUT2D eigenvalue weighted by atomic mass is 10.2. The van der Waals surface area contributed by atoms with Crippen molar-refractivity contribution < 1.29 is 23.8 Å². The first-order valence-corrected chi connectivity index (χ1v) is 8.95. The van der Waals surface area contributed by atoms with E-state index < -0.39 is 19.5 Å². The summed E-state index contributed by atoms with van der Waals surface area (Å²) in [5.41, 5.74) is 1.60. The Hall–Kier alpha value is -1.49. The Morgan fingerprint density at radius 2 is 1.26 bits per heavy atom. The summed E-state index contributed by atoms with van der Waals surface area (Å²) in [6, 6.07) is 18.3. The van der Waals surface area contributed by atoms with Gasteiger partial charge in [-0.25, -0.2) is 0 Å². The molecule has 0 saturated carbocycles. The van der Waals surface area contributed by atoms with E-state index in [1.165, 1.54) is 6.92 Å². The number of rotatable bonds is 8. The first kappa shape index (κ1) is 17.9. The molecule has 6 heteroatoms. The molecule has 2 N–H and O–H groups in total. The highest BCUT2D eigenvalue weighted by molar-refractivity contribution is 7.54.